The second-order valence-corrected chi connectivity index (χ2v) is 6.35. The van der Waals surface area contributed by atoms with Gasteiger partial charge in [-0.3, -0.25) is 0 Å². The van der Waals surface area contributed by atoms with Gasteiger partial charge in [0.05, 0.1) is 25.4 Å². The van der Waals surface area contributed by atoms with Crippen LogP contribution >= 0.6 is 0 Å². The summed E-state index contributed by atoms with van der Waals surface area (Å²) in [5.41, 5.74) is 0. The molecule has 0 bridgehead atoms. The summed E-state index contributed by atoms with van der Waals surface area (Å²) in [4.78, 5) is 0. The van der Waals surface area contributed by atoms with Crippen LogP contribution in [0.2, 0.25) is 0 Å². The molecule has 0 aromatic rings. The lowest BCUT2D eigenvalue weighted by atomic mass is 9.95. The third-order valence-corrected chi connectivity index (χ3v) is 4.57. The summed E-state index contributed by atoms with van der Waals surface area (Å²) in [5.74, 6) is -5.03. The first kappa shape index (κ1) is 21.8. The zero-order chi connectivity index (χ0) is 19.9. The third-order valence-electron chi connectivity index (χ3n) is 4.57. The molecule has 152 valence electrons. The van der Waals surface area contributed by atoms with Gasteiger partial charge in [0.15, 0.2) is 0 Å². The van der Waals surface area contributed by atoms with Crippen LogP contribution < -0.4 is 0 Å². The molecule has 14 heteroatoms. The molecule has 10 N–H and O–H groups in total. The Labute approximate surface area is 147 Å². The van der Waals surface area contributed by atoms with Crippen LogP contribution in [0.5, 0.6) is 0 Å². The van der Waals surface area contributed by atoms with Gasteiger partial charge in [0.2, 0.25) is 11.6 Å². The summed E-state index contributed by atoms with van der Waals surface area (Å²) >= 11 is 0. The van der Waals surface area contributed by atoms with Crippen LogP contribution in [0.15, 0.2) is 0 Å². The van der Waals surface area contributed by atoms with E-state index in [9.17, 15) is 30.6 Å². The average molecular weight is 386 g/mol. The van der Waals surface area contributed by atoms with Gasteiger partial charge in [-0.25, -0.2) is 0 Å². The minimum absolute atomic E-state index is 0.534. The highest BCUT2D eigenvalue weighted by Gasteiger charge is 2.58. The van der Waals surface area contributed by atoms with E-state index >= 15 is 0 Å². The lowest BCUT2D eigenvalue weighted by Gasteiger charge is -2.29. The maximum Gasteiger partial charge on any atom is 0.634 e. The highest BCUT2D eigenvalue weighted by molar-refractivity contribution is 6.32. The van der Waals surface area contributed by atoms with Crippen molar-refractivity contribution in [3.63, 3.8) is 0 Å². The first-order valence-corrected chi connectivity index (χ1v) is 7.75. The van der Waals surface area contributed by atoms with Gasteiger partial charge < -0.3 is 65.0 Å². The topological polar surface area (TPSA) is 230 Å². The molecule has 0 spiro atoms. The Kier molecular flexibility index (Phi) is 6.62. The third kappa shape index (κ3) is 3.88. The van der Waals surface area contributed by atoms with Crippen LogP contribution in [0.3, 0.4) is 0 Å². The predicted octanol–water partition coefficient (Wildman–Crippen LogP) is -6.67. The normalized spacial score (nSPS) is 47.3. The zero-order valence-corrected chi connectivity index (χ0v) is 13.4. The molecule has 0 amide bonds. The molecule has 2 rings (SSSR count). The van der Waals surface area contributed by atoms with Crippen LogP contribution in [0.1, 0.15) is 6.42 Å². The summed E-state index contributed by atoms with van der Waals surface area (Å²) in [7, 11) is -2.39. The molecule has 2 heterocycles. The number of hydrogen-bond donors (Lipinski definition) is 10. The average Bonchev–Trinajstić information content (AvgIpc) is 2.95. The summed E-state index contributed by atoms with van der Waals surface area (Å²) in [6, 6.07) is 0. The van der Waals surface area contributed by atoms with Crippen molar-refractivity contribution < 1.29 is 65.0 Å². The largest absolute Gasteiger partial charge is 0.634 e. The SMILES string of the molecule is OC[C@@]1(O)O[C@H](CC(OB(O)O)[C@H]2O[C@@](O)(CO)[C@H](O)[C@@H]2O)[C@H](O)[C@@H]1O. The smallest absolute Gasteiger partial charge is 0.402 e. The molecule has 2 fully saturated rings. The van der Waals surface area contributed by atoms with Crippen LogP contribution in [0.25, 0.3) is 0 Å². The molecule has 0 radical (unpaired) electrons. The van der Waals surface area contributed by atoms with Gasteiger partial charge in [-0.05, 0) is 0 Å². The molecule has 0 aromatic carbocycles. The van der Waals surface area contributed by atoms with Crippen molar-refractivity contribution in [1.82, 2.24) is 0 Å². The number of hydrogen-bond acceptors (Lipinski definition) is 13. The van der Waals surface area contributed by atoms with E-state index in [1.54, 1.807) is 0 Å². The number of rotatable bonds is 7. The highest BCUT2D eigenvalue weighted by atomic mass is 16.7. The van der Waals surface area contributed by atoms with E-state index in [0.29, 0.717) is 0 Å². The summed E-state index contributed by atoms with van der Waals surface area (Å²) < 4.78 is 14.7. The molecular weight excluding hydrogens is 363 g/mol. The molecule has 2 aliphatic heterocycles. The predicted molar refractivity (Wildman–Crippen MR) is 77.5 cm³/mol. The molecule has 26 heavy (non-hydrogen) atoms. The van der Waals surface area contributed by atoms with E-state index in [4.69, 9.17) is 34.4 Å². The van der Waals surface area contributed by atoms with Crippen LogP contribution in [-0.2, 0) is 14.1 Å². The molecule has 2 aliphatic rings. The van der Waals surface area contributed by atoms with E-state index in [0.717, 1.165) is 0 Å². The van der Waals surface area contributed by atoms with Gasteiger partial charge in [-0.15, -0.1) is 0 Å². The quantitative estimate of drug-likeness (QED) is 0.184. The maximum atomic E-state index is 10.0. The van der Waals surface area contributed by atoms with E-state index in [1.165, 1.54) is 0 Å². The monoisotopic (exact) mass is 386 g/mol. The Morgan fingerprint density at radius 3 is 1.81 bits per heavy atom. The minimum atomic E-state index is -2.55. The first-order chi connectivity index (χ1) is 12.0. The van der Waals surface area contributed by atoms with Crippen LogP contribution in [0.4, 0.5) is 0 Å². The first-order valence-electron chi connectivity index (χ1n) is 7.75. The van der Waals surface area contributed by atoms with Crippen molar-refractivity contribution in [2.24, 2.45) is 0 Å². The van der Waals surface area contributed by atoms with E-state index in [1.807, 2.05) is 0 Å². The standard InChI is InChI=1S/C12H23BO13/c14-2-11(20)9(18)6(16)4(24-11)1-5(26-13(22)23)8-7(17)10(19)12(21,3-15)25-8/h4-10,14-23H,1-3H2/t4-,5?,6+,7-,8-,9+,10-,11-,12+/m1/s1. The van der Waals surface area contributed by atoms with Crippen LogP contribution in [0, 0.1) is 0 Å². The van der Waals surface area contributed by atoms with Crippen molar-refractivity contribution in [3.8, 4) is 0 Å². The van der Waals surface area contributed by atoms with Gasteiger partial charge in [0, 0.05) is 6.42 Å². The van der Waals surface area contributed by atoms with Crippen molar-refractivity contribution in [2.45, 2.75) is 60.7 Å². The van der Waals surface area contributed by atoms with E-state index in [-0.39, 0.29) is 0 Å². The molecule has 0 aromatic heterocycles. The maximum absolute atomic E-state index is 10.0. The van der Waals surface area contributed by atoms with Gasteiger partial charge >= 0.3 is 7.32 Å². The minimum Gasteiger partial charge on any atom is -0.402 e. The Hall–Kier alpha value is -0.455. The second kappa shape index (κ2) is 7.88. The molecule has 0 aliphatic carbocycles. The number of ether oxygens (including phenoxy) is 2. The molecule has 13 nitrogen and oxygen atoms in total. The summed E-state index contributed by atoms with van der Waals surface area (Å²) in [6.45, 7) is -2.15. The van der Waals surface area contributed by atoms with Gasteiger partial charge in [0.1, 0.15) is 30.5 Å². The number of aliphatic hydroxyl groups excluding tert-OH is 6. The Morgan fingerprint density at radius 2 is 1.38 bits per heavy atom. The molecule has 2 saturated heterocycles. The van der Waals surface area contributed by atoms with Gasteiger partial charge in [-0.2, -0.15) is 0 Å². The fourth-order valence-corrected chi connectivity index (χ4v) is 3.09. The Morgan fingerprint density at radius 1 is 0.885 bits per heavy atom. The van der Waals surface area contributed by atoms with Crippen molar-refractivity contribution >= 4 is 7.32 Å². The number of aliphatic hydroxyl groups is 8. The second-order valence-electron chi connectivity index (χ2n) is 6.35. The van der Waals surface area contributed by atoms with Crippen molar-refractivity contribution in [1.29, 1.82) is 0 Å². The molecule has 9 atom stereocenters. The lowest BCUT2D eigenvalue weighted by molar-refractivity contribution is -0.259. The lowest BCUT2D eigenvalue weighted by Crippen LogP contribution is -2.46. The highest BCUT2D eigenvalue weighted by Crippen LogP contribution is 2.36. The molecular formula is C12H23BO13. The fourth-order valence-electron chi connectivity index (χ4n) is 3.09. The van der Waals surface area contributed by atoms with E-state index in [2.05, 4.69) is 0 Å². The van der Waals surface area contributed by atoms with Crippen molar-refractivity contribution in [2.75, 3.05) is 13.2 Å². The zero-order valence-electron chi connectivity index (χ0n) is 13.4. The van der Waals surface area contributed by atoms with Gasteiger partial charge in [-0.1, -0.05) is 0 Å². The summed E-state index contributed by atoms with van der Waals surface area (Å²) in [5, 5.41) is 95.6. The Balaban J connectivity index is 2.19. The fraction of sp³-hybridized carbons (Fsp3) is 1.00. The molecule has 1 unspecified atom stereocenters. The van der Waals surface area contributed by atoms with Crippen LogP contribution in [-0.4, -0.2) is 126 Å². The summed E-state index contributed by atoms with van der Waals surface area (Å²) in [6.07, 6.45) is -12.5. The van der Waals surface area contributed by atoms with Gasteiger partial charge in [0.25, 0.3) is 0 Å². The Bertz CT molecular complexity index is 482. The molecule has 0 saturated carbocycles. The van der Waals surface area contributed by atoms with E-state index < -0.39 is 81.3 Å². The van der Waals surface area contributed by atoms with Crippen molar-refractivity contribution in [3.05, 3.63) is 0 Å².